The number of carbonyl (C=O) groups excluding carboxylic acids is 1. The zero-order valence-electron chi connectivity index (χ0n) is 15.9. The van der Waals surface area contributed by atoms with Gasteiger partial charge in [0, 0.05) is 12.1 Å². The topological polar surface area (TPSA) is 71.8 Å². The number of aromatic nitrogens is 3. The van der Waals surface area contributed by atoms with Crippen LogP contribution in [0, 0.1) is 11.7 Å². The van der Waals surface area contributed by atoms with Gasteiger partial charge in [0.2, 0.25) is 0 Å². The third-order valence-corrected chi connectivity index (χ3v) is 6.39. The van der Waals surface area contributed by atoms with Gasteiger partial charge >= 0.3 is 0 Å². The van der Waals surface area contributed by atoms with Crippen LogP contribution in [-0.2, 0) is 5.54 Å². The largest absolute Gasteiger partial charge is 0.491 e. The number of hydrogen-bond acceptors (Lipinski definition) is 5. The zero-order chi connectivity index (χ0) is 19.8. The molecule has 3 aromatic rings. The van der Waals surface area contributed by atoms with Gasteiger partial charge in [-0.15, -0.1) is 5.10 Å². The Morgan fingerprint density at radius 1 is 1.31 bits per heavy atom. The van der Waals surface area contributed by atoms with Crippen LogP contribution in [0.25, 0.3) is 5.65 Å². The van der Waals surface area contributed by atoms with Gasteiger partial charge in [0.05, 0.1) is 17.8 Å². The van der Waals surface area contributed by atoms with Crippen LogP contribution in [0.3, 0.4) is 0 Å². The Bertz CT molecular complexity index is 1160. The predicted molar refractivity (Wildman–Crippen MR) is 104 cm³/mol. The van der Waals surface area contributed by atoms with Crippen molar-refractivity contribution in [2.45, 2.75) is 31.3 Å². The maximum absolute atomic E-state index is 14.3. The fourth-order valence-corrected chi connectivity index (χ4v) is 4.95. The number of anilines is 1. The van der Waals surface area contributed by atoms with Crippen molar-refractivity contribution < 1.29 is 13.9 Å². The number of halogens is 1. The lowest BCUT2D eigenvalue weighted by Crippen LogP contribution is -2.37. The van der Waals surface area contributed by atoms with E-state index < -0.39 is 0 Å². The molecule has 2 unspecified atom stereocenters. The van der Waals surface area contributed by atoms with Gasteiger partial charge in [0.25, 0.3) is 5.91 Å². The summed E-state index contributed by atoms with van der Waals surface area (Å²) in [5.74, 6) is 1.34. The number of nitrogens with zero attached hydrogens (tertiary/aromatic N) is 4. The molecule has 2 fully saturated rings. The summed E-state index contributed by atoms with van der Waals surface area (Å²) in [7, 11) is 0. The van der Waals surface area contributed by atoms with Gasteiger partial charge in [-0.05, 0) is 56.0 Å². The van der Waals surface area contributed by atoms with Crippen molar-refractivity contribution in [1.29, 1.82) is 0 Å². The monoisotopic (exact) mass is 393 g/mol. The van der Waals surface area contributed by atoms with Gasteiger partial charge in [-0.25, -0.2) is 13.9 Å². The summed E-state index contributed by atoms with van der Waals surface area (Å²) >= 11 is 0. The summed E-state index contributed by atoms with van der Waals surface area (Å²) in [4.78, 5) is 19.3. The average molecular weight is 393 g/mol. The molecule has 7 nitrogen and oxygen atoms in total. The Labute approximate surface area is 166 Å². The molecule has 2 aliphatic heterocycles. The molecular formula is C21H20FN5O2. The number of amides is 1. The number of piperidine rings is 1. The van der Waals surface area contributed by atoms with E-state index in [1.807, 2.05) is 19.1 Å². The Balaban J connectivity index is 1.57. The SMILES string of the molecule is C[C@@H]1COc2ccc(F)cc2C23CC2CCN3c2ccc3ncc(n3n2)C(=O)N1. The maximum atomic E-state index is 14.3. The summed E-state index contributed by atoms with van der Waals surface area (Å²) in [6.07, 6.45) is 3.50. The standard InChI is InChI=1S/C21H20FN5O2/c1-12-11-29-17-3-2-14(22)8-15(17)21-9-13(21)6-7-26(21)19-5-4-18-23-10-16(20(28)24-12)27(18)25-19/h2-5,8,10,12-13H,6-7,9,11H2,1H3,(H,24,28)/t12-,13?,21?/m1/s1. The van der Waals surface area contributed by atoms with E-state index in [4.69, 9.17) is 9.84 Å². The van der Waals surface area contributed by atoms with E-state index in [9.17, 15) is 9.18 Å². The van der Waals surface area contributed by atoms with Gasteiger partial charge in [-0.2, -0.15) is 0 Å². The second kappa shape index (κ2) is 5.68. The fraction of sp³-hybridized carbons (Fsp3) is 0.381. The summed E-state index contributed by atoms with van der Waals surface area (Å²) < 4.78 is 21.9. The molecule has 8 heteroatoms. The number of fused-ring (bicyclic) bond motifs is 3. The number of hydrogen-bond donors (Lipinski definition) is 1. The van der Waals surface area contributed by atoms with E-state index in [0.29, 0.717) is 23.0 Å². The first-order chi connectivity index (χ1) is 14.1. The Morgan fingerprint density at radius 3 is 3.07 bits per heavy atom. The van der Waals surface area contributed by atoms with Crippen LogP contribution in [0.1, 0.15) is 35.8 Å². The van der Waals surface area contributed by atoms with E-state index >= 15 is 0 Å². The lowest BCUT2D eigenvalue weighted by atomic mass is 10.0. The van der Waals surface area contributed by atoms with Crippen LogP contribution in [0.15, 0.2) is 36.5 Å². The second-order valence-corrected chi connectivity index (χ2v) is 8.20. The van der Waals surface area contributed by atoms with Crippen molar-refractivity contribution in [3.05, 3.63) is 53.6 Å². The predicted octanol–water partition coefficient (Wildman–Crippen LogP) is 2.50. The van der Waals surface area contributed by atoms with Crippen molar-refractivity contribution >= 4 is 17.4 Å². The van der Waals surface area contributed by atoms with Gasteiger partial charge in [-0.3, -0.25) is 4.79 Å². The molecule has 148 valence electrons. The first kappa shape index (κ1) is 16.8. The zero-order valence-corrected chi connectivity index (χ0v) is 15.9. The van der Waals surface area contributed by atoms with Crippen LogP contribution in [0.4, 0.5) is 10.2 Å². The van der Waals surface area contributed by atoms with Gasteiger partial charge in [-0.1, -0.05) is 0 Å². The highest BCUT2D eigenvalue weighted by atomic mass is 19.1. The Hall–Kier alpha value is -3.16. The minimum atomic E-state index is -0.312. The highest BCUT2D eigenvalue weighted by Gasteiger charge is 2.64. The van der Waals surface area contributed by atoms with Crippen molar-refractivity contribution in [2.75, 3.05) is 18.1 Å². The number of ether oxygens (including phenoxy) is 1. The molecule has 4 heterocycles. The molecule has 1 aliphatic carbocycles. The molecule has 29 heavy (non-hydrogen) atoms. The molecule has 1 N–H and O–H groups in total. The minimum absolute atomic E-state index is 0.234. The summed E-state index contributed by atoms with van der Waals surface area (Å²) in [6, 6.07) is 8.28. The van der Waals surface area contributed by atoms with Gasteiger partial charge in [0.1, 0.15) is 24.0 Å². The molecular weight excluding hydrogens is 373 g/mol. The van der Waals surface area contributed by atoms with E-state index in [1.165, 1.54) is 6.07 Å². The third-order valence-electron chi connectivity index (χ3n) is 6.39. The lowest BCUT2D eigenvalue weighted by Gasteiger charge is -2.31. The summed E-state index contributed by atoms with van der Waals surface area (Å²) in [5.41, 5.74) is 1.56. The van der Waals surface area contributed by atoms with Crippen molar-refractivity contribution in [2.24, 2.45) is 5.92 Å². The normalized spacial score (nSPS) is 27.8. The molecule has 1 spiro atoms. The van der Waals surface area contributed by atoms with E-state index in [1.54, 1.807) is 22.8 Å². The highest BCUT2D eigenvalue weighted by Crippen LogP contribution is 2.64. The lowest BCUT2D eigenvalue weighted by molar-refractivity contribution is 0.0919. The molecule has 1 aromatic carbocycles. The third kappa shape index (κ3) is 2.31. The van der Waals surface area contributed by atoms with E-state index in [2.05, 4.69) is 15.2 Å². The maximum Gasteiger partial charge on any atom is 0.271 e. The second-order valence-electron chi connectivity index (χ2n) is 8.20. The van der Waals surface area contributed by atoms with Crippen molar-refractivity contribution in [3.63, 3.8) is 0 Å². The summed E-state index contributed by atoms with van der Waals surface area (Å²) in [6.45, 7) is 2.99. The van der Waals surface area contributed by atoms with Gasteiger partial charge in [0.15, 0.2) is 11.3 Å². The van der Waals surface area contributed by atoms with Crippen LogP contribution in [0.5, 0.6) is 5.75 Å². The summed E-state index contributed by atoms with van der Waals surface area (Å²) in [5, 5.41) is 7.68. The number of carbonyl (C=O) groups is 1. The quantitative estimate of drug-likeness (QED) is 0.636. The molecule has 1 amide bonds. The van der Waals surface area contributed by atoms with Crippen LogP contribution >= 0.6 is 0 Å². The molecule has 2 bridgehead atoms. The van der Waals surface area contributed by atoms with Crippen molar-refractivity contribution in [1.82, 2.24) is 19.9 Å². The first-order valence-corrected chi connectivity index (χ1v) is 9.92. The van der Waals surface area contributed by atoms with E-state index in [0.717, 1.165) is 30.8 Å². The molecule has 1 saturated heterocycles. The Kier molecular flexibility index (Phi) is 3.29. The smallest absolute Gasteiger partial charge is 0.271 e. The fourth-order valence-electron chi connectivity index (χ4n) is 4.95. The first-order valence-electron chi connectivity index (χ1n) is 9.92. The highest BCUT2D eigenvalue weighted by molar-refractivity contribution is 5.93. The molecule has 0 radical (unpaired) electrons. The van der Waals surface area contributed by atoms with E-state index in [-0.39, 0.29) is 29.9 Å². The van der Waals surface area contributed by atoms with Crippen LogP contribution < -0.4 is 15.0 Å². The minimum Gasteiger partial charge on any atom is -0.491 e. The average Bonchev–Trinajstić information content (AvgIpc) is 3.09. The number of rotatable bonds is 0. The molecule has 3 atom stereocenters. The number of imidazole rings is 1. The van der Waals surface area contributed by atoms with Crippen molar-refractivity contribution in [3.8, 4) is 5.75 Å². The molecule has 2 aromatic heterocycles. The molecule has 6 rings (SSSR count). The number of benzene rings is 1. The van der Waals surface area contributed by atoms with Crippen LogP contribution in [0.2, 0.25) is 0 Å². The number of nitrogens with one attached hydrogen (secondary N) is 1. The van der Waals surface area contributed by atoms with Crippen LogP contribution in [-0.4, -0.2) is 39.7 Å². The molecule has 1 saturated carbocycles. The molecule has 3 aliphatic rings. The Morgan fingerprint density at radius 2 is 2.21 bits per heavy atom. The van der Waals surface area contributed by atoms with Gasteiger partial charge < -0.3 is 15.0 Å².